The van der Waals surface area contributed by atoms with Crippen LogP contribution in [0.1, 0.15) is 12.1 Å². The van der Waals surface area contributed by atoms with Gasteiger partial charge < -0.3 is 5.11 Å². The topological polar surface area (TPSA) is 50.2 Å². The van der Waals surface area contributed by atoms with Gasteiger partial charge in [-0.05, 0) is 18.2 Å². The third kappa shape index (κ3) is 3.46. The summed E-state index contributed by atoms with van der Waals surface area (Å²) in [5, 5.41) is 8.30. The van der Waals surface area contributed by atoms with Gasteiger partial charge in [0.05, 0.1) is 18.3 Å². The molecule has 0 aliphatic rings. The van der Waals surface area contributed by atoms with E-state index in [0.717, 1.165) is 6.20 Å². The Hall–Kier alpha value is -1.71. The standard InChI is InChI=1S/C9H8FNO2/c10-7-4-5-8(11-6-7)2-1-3-9(12)13/h1-2,4-6H,3H2,(H,12,13). The fourth-order valence-corrected chi connectivity index (χ4v) is 0.766. The number of carboxylic acid groups (broad SMARTS) is 1. The Kier molecular flexibility index (Phi) is 3.14. The van der Waals surface area contributed by atoms with Crippen LogP contribution in [0, 0.1) is 5.82 Å². The van der Waals surface area contributed by atoms with Crippen LogP contribution in [0.2, 0.25) is 0 Å². The number of pyridine rings is 1. The van der Waals surface area contributed by atoms with Crippen LogP contribution in [0.25, 0.3) is 6.08 Å². The minimum atomic E-state index is -0.904. The molecule has 0 fully saturated rings. The van der Waals surface area contributed by atoms with E-state index in [0.29, 0.717) is 5.69 Å². The van der Waals surface area contributed by atoms with Crippen molar-refractivity contribution < 1.29 is 14.3 Å². The van der Waals surface area contributed by atoms with Crippen molar-refractivity contribution in [2.75, 3.05) is 0 Å². The number of carboxylic acids is 1. The summed E-state index contributed by atoms with van der Waals surface area (Å²) in [6, 6.07) is 2.75. The zero-order chi connectivity index (χ0) is 9.68. The molecule has 0 aliphatic carbocycles. The van der Waals surface area contributed by atoms with Crippen molar-refractivity contribution in [3.8, 4) is 0 Å². The molecule has 3 nitrogen and oxygen atoms in total. The van der Waals surface area contributed by atoms with Crippen LogP contribution in [-0.2, 0) is 4.79 Å². The first-order valence-corrected chi connectivity index (χ1v) is 3.68. The van der Waals surface area contributed by atoms with Gasteiger partial charge in [-0.15, -0.1) is 0 Å². The number of rotatable bonds is 3. The van der Waals surface area contributed by atoms with Crippen molar-refractivity contribution in [1.29, 1.82) is 0 Å². The minimum absolute atomic E-state index is 0.0565. The lowest BCUT2D eigenvalue weighted by Gasteiger charge is -1.90. The van der Waals surface area contributed by atoms with Crippen LogP contribution in [0.15, 0.2) is 24.4 Å². The van der Waals surface area contributed by atoms with Crippen molar-refractivity contribution >= 4 is 12.0 Å². The third-order valence-corrected chi connectivity index (χ3v) is 1.33. The third-order valence-electron chi connectivity index (χ3n) is 1.33. The van der Waals surface area contributed by atoms with E-state index in [1.165, 1.54) is 24.3 Å². The van der Waals surface area contributed by atoms with E-state index in [4.69, 9.17) is 5.11 Å². The molecule has 4 heteroatoms. The highest BCUT2D eigenvalue weighted by Gasteiger charge is 1.92. The quantitative estimate of drug-likeness (QED) is 0.772. The van der Waals surface area contributed by atoms with Crippen molar-refractivity contribution in [3.05, 3.63) is 35.9 Å². The first-order chi connectivity index (χ1) is 6.18. The molecule has 68 valence electrons. The first kappa shape index (κ1) is 9.38. The van der Waals surface area contributed by atoms with E-state index in [-0.39, 0.29) is 6.42 Å². The fourth-order valence-electron chi connectivity index (χ4n) is 0.766. The average Bonchev–Trinajstić information content (AvgIpc) is 2.08. The molecule has 13 heavy (non-hydrogen) atoms. The van der Waals surface area contributed by atoms with Crippen LogP contribution in [0.5, 0.6) is 0 Å². The summed E-state index contributed by atoms with van der Waals surface area (Å²) in [4.78, 5) is 13.8. The van der Waals surface area contributed by atoms with Gasteiger partial charge >= 0.3 is 5.97 Å². The number of halogens is 1. The van der Waals surface area contributed by atoms with Crippen LogP contribution in [0.4, 0.5) is 4.39 Å². The maximum atomic E-state index is 12.4. The van der Waals surface area contributed by atoms with Crippen LogP contribution in [0.3, 0.4) is 0 Å². The minimum Gasteiger partial charge on any atom is -0.481 e. The van der Waals surface area contributed by atoms with E-state index < -0.39 is 11.8 Å². The molecule has 0 radical (unpaired) electrons. The normalized spacial score (nSPS) is 10.5. The van der Waals surface area contributed by atoms with Crippen molar-refractivity contribution in [1.82, 2.24) is 4.98 Å². The maximum Gasteiger partial charge on any atom is 0.307 e. The summed E-state index contributed by atoms with van der Waals surface area (Å²) in [7, 11) is 0. The maximum absolute atomic E-state index is 12.4. The number of hydrogen-bond donors (Lipinski definition) is 1. The molecule has 0 spiro atoms. The number of aromatic nitrogens is 1. The van der Waals surface area contributed by atoms with Gasteiger partial charge in [0.25, 0.3) is 0 Å². The second-order valence-electron chi connectivity index (χ2n) is 2.40. The predicted molar refractivity (Wildman–Crippen MR) is 45.5 cm³/mol. The summed E-state index contributed by atoms with van der Waals surface area (Å²) in [5.41, 5.74) is 0.544. The Labute approximate surface area is 74.5 Å². The molecule has 0 atom stereocenters. The van der Waals surface area contributed by atoms with E-state index >= 15 is 0 Å². The molecule has 0 unspecified atom stereocenters. The molecule has 0 saturated carbocycles. The largest absolute Gasteiger partial charge is 0.481 e. The lowest BCUT2D eigenvalue weighted by molar-refractivity contribution is -0.135. The molecule has 0 aliphatic heterocycles. The van der Waals surface area contributed by atoms with Gasteiger partial charge in [0, 0.05) is 0 Å². The summed E-state index contributed by atoms with van der Waals surface area (Å²) in [6.07, 6.45) is 4.02. The molecule has 1 aromatic heterocycles. The summed E-state index contributed by atoms with van der Waals surface area (Å²) in [5.74, 6) is -1.31. The van der Waals surface area contributed by atoms with Gasteiger partial charge in [-0.25, -0.2) is 4.39 Å². The number of carbonyl (C=O) groups is 1. The lowest BCUT2D eigenvalue weighted by Crippen LogP contribution is -1.90. The van der Waals surface area contributed by atoms with E-state index in [9.17, 15) is 9.18 Å². The Morgan fingerprint density at radius 3 is 2.92 bits per heavy atom. The average molecular weight is 181 g/mol. The van der Waals surface area contributed by atoms with Gasteiger partial charge in [0.15, 0.2) is 0 Å². The van der Waals surface area contributed by atoms with Crippen LogP contribution < -0.4 is 0 Å². The highest BCUT2D eigenvalue weighted by molar-refractivity contribution is 5.70. The van der Waals surface area contributed by atoms with Gasteiger partial charge in [-0.3, -0.25) is 9.78 Å². The molecular formula is C9H8FNO2. The van der Waals surface area contributed by atoms with E-state index in [1.54, 1.807) is 0 Å². The van der Waals surface area contributed by atoms with E-state index in [2.05, 4.69) is 4.98 Å². The highest BCUT2D eigenvalue weighted by atomic mass is 19.1. The Morgan fingerprint density at radius 2 is 2.38 bits per heavy atom. The van der Waals surface area contributed by atoms with Gasteiger partial charge in [-0.2, -0.15) is 0 Å². The monoisotopic (exact) mass is 181 g/mol. The lowest BCUT2D eigenvalue weighted by atomic mass is 10.3. The zero-order valence-electron chi connectivity index (χ0n) is 6.77. The van der Waals surface area contributed by atoms with Crippen molar-refractivity contribution in [2.24, 2.45) is 0 Å². The highest BCUT2D eigenvalue weighted by Crippen LogP contribution is 2.00. The zero-order valence-corrected chi connectivity index (χ0v) is 6.77. The van der Waals surface area contributed by atoms with Crippen LogP contribution in [-0.4, -0.2) is 16.1 Å². The predicted octanol–water partition coefficient (Wildman–Crippen LogP) is 1.71. The Bertz CT molecular complexity index is 319. The summed E-state index contributed by atoms with van der Waals surface area (Å²) >= 11 is 0. The molecule has 1 aromatic rings. The first-order valence-electron chi connectivity index (χ1n) is 3.68. The summed E-state index contributed by atoms with van der Waals surface area (Å²) in [6.45, 7) is 0. The number of nitrogens with zero attached hydrogens (tertiary/aromatic N) is 1. The Balaban J connectivity index is 2.59. The molecule has 1 N–H and O–H groups in total. The van der Waals surface area contributed by atoms with Crippen LogP contribution >= 0.6 is 0 Å². The molecule has 1 rings (SSSR count). The molecule has 0 aromatic carbocycles. The Morgan fingerprint density at radius 1 is 1.62 bits per heavy atom. The molecule has 1 heterocycles. The second kappa shape index (κ2) is 4.35. The molecular weight excluding hydrogens is 173 g/mol. The molecule has 0 amide bonds. The van der Waals surface area contributed by atoms with Gasteiger partial charge in [0.1, 0.15) is 5.82 Å². The second-order valence-corrected chi connectivity index (χ2v) is 2.40. The van der Waals surface area contributed by atoms with E-state index in [1.807, 2.05) is 0 Å². The molecule has 0 saturated heterocycles. The number of hydrogen-bond acceptors (Lipinski definition) is 2. The fraction of sp³-hybridized carbons (Fsp3) is 0.111. The summed E-state index contributed by atoms with van der Waals surface area (Å²) < 4.78 is 12.4. The van der Waals surface area contributed by atoms with Gasteiger partial charge in [0.2, 0.25) is 0 Å². The number of aliphatic carboxylic acids is 1. The van der Waals surface area contributed by atoms with Gasteiger partial charge in [-0.1, -0.05) is 6.08 Å². The SMILES string of the molecule is O=C(O)CC=Cc1ccc(F)cn1. The molecule has 0 bridgehead atoms. The smallest absolute Gasteiger partial charge is 0.307 e. The van der Waals surface area contributed by atoms with Crippen molar-refractivity contribution in [2.45, 2.75) is 6.42 Å². The van der Waals surface area contributed by atoms with Crippen molar-refractivity contribution in [3.63, 3.8) is 0 Å².